The lowest BCUT2D eigenvalue weighted by Gasteiger charge is -2.21. The quantitative estimate of drug-likeness (QED) is 0.924. The molecule has 2 aliphatic rings. The van der Waals surface area contributed by atoms with Gasteiger partial charge in [0.1, 0.15) is 0 Å². The van der Waals surface area contributed by atoms with Crippen molar-refractivity contribution in [1.29, 1.82) is 0 Å². The highest BCUT2D eigenvalue weighted by Crippen LogP contribution is 2.29. The number of anilines is 1. The summed E-state index contributed by atoms with van der Waals surface area (Å²) in [6, 6.07) is 8.70. The first-order valence-electron chi connectivity index (χ1n) is 8.24. The molecule has 0 unspecified atom stereocenters. The summed E-state index contributed by atoms with van der Waals surface area (Å²) in [6.45, 7) is 6.25. The molecule has 1 aromatic heterocycles. The first-order chi connectivity index (χ1) is 10.8. The standard InChI is InChI=1S/C18H22N4/c1-13-11-17(21-18(20-13)22-9-2-3-10-22)16-6-4-5-14-12-19-8-7-15(14)16/h4-6,11,19H,2-3,7-10,12H2,1H3. The lowest BCUT2D eigenvalue weighted by Crippen LogP contribution is -2.24. The molecule has 1 fully saturated rings. The number of nitrogens with zero attached hydrogens (tertiary/aromatic N) is 3. The van der Waals surface area contributed by atoms with Gasteiger partial charge < -0.3 is 10.2 Å². The predicted molar refractivity (Wildman–Crippen MR) is 89.1 cm³/mol. The van der Waals surface area contributed by atoms with Crippen molar-refractivity contribution in [2.45, 2.75) is 32.7 Å². The molecule has 4 rings (SSSR count). The number of benzene rings is 1. The summed E-state index contributed by atoms with van der Waals surface area (Å²) in [5.41, 5.74) is 6.27. The Morgan fingerprint density at radius 2 is 2.00 bits per heavy atom. The first-order valence-corrected chi connectivity index (χ1v) is 8.24. The van der Waals surface area contributed by atoms with Crippen molar-refractivity contribution in [3.63, 3.8) is 0 Å². The van der Waals surface area contributed by atoms with Crippen LogP contribution in [0.3, 0.4) is 0 Å². The summed E-state index contributed by atoms with van der Waals surface area (Å²) in [5, 5.41) is 3.45. The molecule has 3 heterocycles. The van der Waals surface area contributed by atoms with E-state index in [2.05, 4.69) is 46.4 Å². The van der Waals surface area contributed by atoms with Gasteiger partial charge in [-0.1, -0.05) is 18.2 Å². The SMILES string of the molecule is Cc1cc(-c2cccc3c2CCNC3)nc(N2CCCC2)n1. The van der Waals surface area contributed by atoms with E-state index in [4.69, 9.17) is 4.98 Å². The van der Waals surface area contributed by atoms with E-state index in [1.165, 1.54) is 29.5 Å². The van der Waals surface area contributed by atoms with Crippen LogP contribution in [0.5, 0.6) is 0 Å². The molecule has 1 N–H and O–H groups in total. The lowest BCUT2D eigenvalue weighted by molar-refractivity contribution is 0.644. The zero-order valence-electron chi connectivity index (χ0n) is 13.1. The maximum absolute atomic E-state index is 4.89. The molecule has 0 amide bonds. The predicted octanol–water partition coefficient (Wildman–Crippen LogP) is 2.70. The molecule has 1 aromatic carbocycles. The van der Waals surface area contributed by atoms with E-state index in [9.17, 15) is 0 Å². The van der Waals surface area contributed by atoms with Gasteiger partial charge in [0.25, 0.3) is 0 Å². The molecule has 0 atom stereocenters. The van der Waals surface area contributed by atoms with Crippen molar-refractivity contribution >= 4 is 5.95 Å². The number of rotatable bonds is 2. The second kappa shape index (κ2) is 5.69. The summed E-state index contributed by atoms with van der Waals surface area (Å²) >= 11 is 0. The zero-order valence-corrected chi connectivity index (χ0v) is 13.1. The van der Waals surface area contributed by atoms with Gasteiger partial charge in [0.2, 0.25) is 5.95 Å². The Morgan fingerprint density at radius 3 is 2.86 bits per heavy atom. The minimum absolute atomic E-state index is 0.902. The largest absolute Gasteiger partial charge is 0.341 e. The fourth-order valence-electron chi connectivity index (χ4n) is 3.52. The molecule has 114 valence electrons. The third-order valence-electron chi connectivity index (χ3n) is 4.65. The molecule has 0 spiro atoms. The van der Waals surface area contributed by atoms with Crippen LogP contribution in [0.4, 0.5) is 5.95 Å². The molecule has 0 bridgehead atoms. The van der Waals surface area contributed by atoms with Gasteiger partial charge in [-0.3, -0.25) is 0 Å². The van der Waals surface area contributed by atoms with Crippen molar-refractivity contribution in [1.82, 2.24) is 15.3 Å². The van der Waals surface area contributed by atoms with Crippen molar-refractivity contribution < 1.29 is 0 Å². The van der Waals surface area contributed by atoms with E-state index in [-0.39, 0.29) is 0 Å². The Labute approximate surface area is 131 Å². The Hall–Kier alpha value is -1.94. The lowest BCUT2D eigenvalue weighted by atomic mass is 9.93. The number of aromatic nitrogens is 2. The highest BCUT2D eigenvalue weighted by Gasteiger charge is 2.19. The van der Waals surface area contributed by atoms with E-state index in [1.807, 2.05) is 0 Å². The minimum Gasteiger partial charge on any atom is -0.341 e. The summed E-state index contributed by atoms with van der Waals surface area (Å²) in [4.78, 5) is 11.9. The van der Waals surface area contributed by atoms with Gasteiger partial charge in [-0.25, -0.2) is 9.97 Å². The minimum atomic E-state index is 0.902. The molecule has 2 aromatic rings. The molecule has 0 saturated carbocycles. The van der Waals surface area contributed by atoms with Crippen molar-refractivity contribution in [2.75, 3.05) is 24.5 Å². The smallest absolute Gasteiger partial charge is 0.226 e. The first kappa shape index (κ1) is 13.7. The fourth-order valence-corrected chi connectivity index (χ4v) is 3.52. The number of fused-ring (bicyclic) bond motifs is 1. The molecular weight excluding hydrogens is 272 g/mol. The summed E-state index contributed by atoms with van der Waals surface area (Å²) < 4.78 is 0. The number of hydrogen-bond donors (Lipinski definition) is 1. The maximum Gasteiger partial charge on any atom is 0.226 e. The van der Waals surface area contributed by atoms with E-state index < -0.39 is 0 Å². The summed E-state index contributed by atoms with van der Waals surface area (Å²) in [6.07, 6.45) is 3.58. The number of aryl methyl sites for hydroxylation is 1. The average Bonchev–Trinajstić information content (AvgIpc) is 3.08. The second-order valence-electron chi connectivity index (χ2n) is 6.26. The number of nitrogens with one attached hydrogen (secondary N) is 1. The van der Waals surface area contributed by atoms with Gasteiger partial charge in [0.05, 0.1) is 5.69 Å². The molecule has 4 heteroatoms. The van der Waals surface area contributed by atoms with Crippen LogP contribution in [0, 0.1) is 6.92 Å². The van der Waals surface area contributed by atoms with Crippen LogP contribution in [-0.2, 0) is 13.0 Å². The molecule has 2 aliphatic heterocycles. The summed E-state index contributed by atoms with van der Waals surface area (Å²) in [7, 11) is 0. The van der Waals surface area contributed by atoms with E-state index >= 15 is 0 Å². The molecule has 22 heavy (non-hydrogen) atoms. The second-order valence-corrected chi connectivity index (χ2v) is 6.26. The highest BCUT2D eigenvalue weighted by atomic mass is 15.3. The molecule has 0 aliphatic carbocycles. The topological polar surface area (TPSA) is 41.1 Å². The van der Waals surface area contributed by atoms with Crippen LogP contribution >= 0.6 is 0 Å². The highest BCUT2D eigenvalue weighted by molar-refractivity contribution is 5.67. The van der Waals surface area contributed by atoms with Gasteiger partial charge in [-0.2, -0.15) is 0 Å². The Kier molecular flexibility index (Phi) is 3.54. The van der Waals surface area contributed by atoms with Crippen molar-refractivity contribution in [2.24, 2.45) is 0 Å². The monoisotopic (exact) mass is 294 g/mol. The summed E-state index contributed by atoms with van der Waals surface area (Å²) in [5.74, 6) is 0.902. The maximum atomic E-state index is 4.89. The fraction of sp³-hybridized carbons (Fsp3) is 0.444. The van der Waals surface area contributed by atoms with Crippen LogP contribution in [0.25, 0.3) is 11.3 Å². The Balaban J connectivity index is 1.79. The van der Waals surface area contributed by atoms with Crippen LogP contribution in [0.1, 0.15) is 29.7 Å². The Morgan fingerprint density at radius 1 is 1.14 bits per heavy atom. The van der Waals surface area contributed by atoms with Gasteiger partial charge in [-0.15, -0.1) is 0 Å². The van der Waals surface area contributed by atoms with E-state index in [0.29, 0.717) is 0 Å². The van der Waals surface area contributed by atoms with Crippen LogP contribution in [0.15, 0.2) is 24.3 Å². The van der Waals surface area contributed by atoms with Gasteiger partial charge in [0.15, 0.2) is 0 Å². The van der Waals surface area contributed by atoms with Crippen LogP contribution < -0.4 is 10.2 Å². The number of hydrogen-bond acceptors (Lipinski definition) is 4. The van der Waals surface area contributed by atoms with E-state index in [1.54, 1.807) is 0 Å². The van der Waals surface area contributed by atoms with Crippen molar-refractivity contribution in [3.05, 3.63) is 41.1 Å². The van der Waals surface area contributed by atoms with Crippen LogP contribution in [0.2, 0.25) is 0 Å². The van der Waals surface area contributed by atoms with Gasteiger partial charge in [-0.05, 0) is 49.9 Å². The Bertz CT molecular complexity index is 689. The van der Waals surface area contributed by atoms with Crippen LogP contribution in [-0.4, -0.2) is 29.6 Å². The molecule has 1 saturated heterocycles. The molecular formula is C18H22N4. The zero-order chi connectivity index (χ0) is 14.9. The third kappa shape index (κ3) is 2.48. The van der Waals surface area contributed by atoms with E-state index in [0.717, 1.165) is 49.9 Å². The average molecular weight is 294 g/mol. The van der Waals surface area contributed by atoms with Gasteiger partial charge >= 0.3 is 0 Å². The van der Waals surface area contributed by atoms with Crippen molar-refractivity contribution in [3.8, 4) is 11.3 Å². The van der Waals surface area contributed by atoms with Gasteiger partial charge in [0, 0.05) is 30.9 Å². The third-order valence-corrected chi connectivity index (χ3v) is 4.65. The molecule has 4 nitrogen and oxygen atoms in total. The normalized spacial score (nSPS) is 17.6. The molecule has 0 radical (unpaired) electrons.